The Morgan fingerprint density at radius 1 is 0.232 bits per heavy atom. The Morgan fingerprint density at radius 3 is 1.07 bits per heavy atom. The maximum absolute atomic E-state index is 4.40. The molecule has 262 valence electrons. The molecule has 1 heterocycles. The van der Waals surface area contributed by atoms with Gasteiger partial charge in [0.1, 0.15) is 0 Å². The van der Waals surface area contributed by atoms with E-state index in [-0.39, 0.29) is 0 Å². The van der Waals surface area contributed by atoms with Crippen molar-refractivity contribution in [3.63, 3.8) is 0 Å². The fourth-order valence-electron chi connectivity index (χ4n) is 8.41. The van der Waals surface area contributed by atoms with Crippen LogP contribution in [0.3, 0.4) is 0 Å². The van der Waals surface area contributed by atoms with Gasteiger partial charge in [-0.05, 0) is 124 Å². The van der Waals surface area contributed by atoms with Crippen LogP contribution in [-0.4, -0.2) is 4.98 Å². The van der Waals surface area contributed by atoms with Gasteiger partial charge in [-0.1, -0.05) is 182 Å². The van der Waals surface area contributed by atoms with E-state index in [2.05, 4.69) is 211 Å². The third-order valence-electron chi connectivity index (χ3n) is 10.9. The summed E-state index contributed by atoms with van der Waals surface area (Å²) in [6, 6.07) is 77.2. The molecule has 0 aliphatic rings. The molecule has 0 unspecified atom stereocenters. The van der Waals surface area contributed by atoms with Crippen LogP contribution in [0.5, 0.6) is 0 Å². The SMILES string of the molecule is c1ccc(-c2cc(-c3ccccc3)c(-c3cccc(-c4c5ccccc5c(-c5cccc(-c6cccnc6)c5)c5ccccc45)c3)c(-c3ccccc3)c2)cc1. The van der Waals surface area contributed by atoms with Crippen molar-refractivity contribution in [1.29, 1.82) is 0 Å². The molecule has 0 spiro atoms. The molecule has 10 rings (SSSR count). The number of hydrogen-bond donors (Lipinski definition) is 0. The summed E-state index contributed by atoms with van der Waals surface area (Å²) >= 11 is 0. The molecule has 0 fully saturated rings. The van der Waals surface area contributed by atoms with Crippen LogP contribution in [0.2, 0.25) is 0 Å². The molecule has 0 N–H and O–H groups in total. The zero-order chi connectivity index (χ0) is 37.3. The van der Waals surface area contributed by atoms with Gasteiger partial charge >= 0.3 is 0 Å². The molecule has 0 bridgehead atoms. The first-order chi connectivity index (χ1) is 27.8. The highest BCUT2D eigenvalue weighted by Gasteiger charge is 2.20. The van der Waals surface area contributed by atoms with Gasteiger partial charge in [-0.3, -0.25) is 4.98 Å². The second-order valence-electron chi connectivity index (χ2n) is 14.3. The average Bonchev–Trinajstić information content (AvgIpc) is 3.29. The first-order valence-electron chi connectivity index (χ1n) is 19.2. The number of benzene rings is 9. The smallest absolute Gasteiger partial charge is 0.0346 e. The largest absolute Gasteiger partial charge is 0.264 e. The molecule has 1 nitrogen and oxygen atoms in total. The van der Waals surface area contributed by atoms with Crippen LogP contribution in [0.4, 0.5) is 0 Å². The van der Waals surface area contributed by atoms with E-state index in [4.69, 9.17) is 0 Å². The van der Waals surface area contributed by atoms with Crippen LogP contribution in [0, 0.1) is 0 Å². The summed E-state index contributed by atoms with van der Waals surface area (Å²) in [5.74, 6) is 0. The van der Waals surface area contributed by atoms with Crippen molar-refractivity contribution < 1.29 is 0 Å². The highest BCUT2D eigenvalue weighted by atomic mass is 14.6. The van der Waals surface area contributed by atoms with Crippen molar-refractivity contribution in [1.82, 2.24) is 4.98 Å². The normalized spacial score (nSPS) is 11.2. The van der Waals surface area contributed by atoms with Crippen LogP contribution >= 0.6 is 0 Å². The quantitative estimate of drug-likeness (QED) is 0.150. The topological polar surface area (TPSA) is 12.9 Å². The molecule has 1 aromatic heterocycles. The zero-order valence-corrected chi connectivity index (χ0v) is 30.8. The average molecular weight is 712 g/mol. The summed E-state index contributed by atoms with van der Waals surface area (Å²) in [5, 5.41) is 4.93. The van der Waals surface area contributed by atoms with E-state index in [1.54, 1.807) is 0 Å². The summed E-state index contributed by atoms with van der Waals surface area (Å²) < 4.78 is 0. The third kappa shape index (κ3) is 6.06. The van der Waals surface area contributed by atoms with Crippen LogP contribution in [0.25, 0.3) is 99.4 Å². The van der Waals surface area contributed by atoms with Gasteiger partial charge in [0, 0.05) is 18.0 Å². The number of fused-ring (bicyclic) bond motifs is 2. The minimum absolute atomic E-state index is 1.11. The van der Waals surface area contributed by atoms with E-state index in [1.165, 1.54) is 88.3 Å². The molecule has 0 saturated heterocycles. The Labute approximate surface area is 327 Å². The van der Waals surface area contributed by atoms with E-state index in [1.807, 2.05) is 18.5 Å². The minimum atomic E-state index is 1.11. The predicted molar refractivity (Wildman–Crippen MR) is 237 cm³/mol. The second-order valence-corrected chi connectivity index (χ2v) is 14.3. The molecule has 0 aliphatic heterocycles. The van der Waals surface area contributed by atoms with Crippen LogP contribution in [-0.2, 0) is 0 Å². The van der Waals surface area contributed by atoms with Crippen LogP contribution in [0.1, 0.15) is 0 Å². The van der Waals surface area contributed by atoms with E-state index in [0.717, 1.165) is 11.1 Å². The molecular weight excluding hydrogens is 675 g/mol. The Bertz CT molecular complexity index is 2870. The minimum Gasteiger partial charge on any atom is -0.264 e. The maximum Gasteiger partial charge on any atom is 0.0346 e. The van der Waals surface area contributed by atoms with Gasteiger partial charge in [0.2, 0.25) is 0 Å². The van der Waals surface area contributed by atoms with Crippen molar-refractivity contribution in [3.05, 3.63) is 225 Å². The number of nitrogens with zero attached hydrogens (tertiary/aromatic N) is 1. The Hall–Kier alpha value is -7.35. The number of pyridine rings is 1. The van der Waals surface area contributed by atoms with Gasteiger partial charge in [-0.15, -0.1) is 0 Å². The lowest BCUT2D eigenvalue weighted by molar-refractivity contribution is 1.33. The molecule has 0 saturated carbocycles. The summed E-state index contributed by atoms with van der Waals surface area (Å²) in [5.41, 5.74) is 16.7. The molecule has 0 aliphatic carbocycles. The molecule has 56 heavy (non-hydrogen) atoms. The lowest BCUT2D eigenvalue weighted by atomic mass is 9.82. The molecule has 9 aromatic carbocycles. The van der Waals surface area contributed by atoms with Gasteiger partial charge in [0.15, 0.2) is 0 Å². The second kappa shape index (κ2) is 14.5. The monoisotopic (exact) mass is 711 g/mol. The van der Waals surface area contributed by atoms with Crippen LogP contribution in [0.15, 0.2) is 225 Å². The lowest BCUT2D eigenvalue weighted by Gasteiger charge is -2.21. The summed E-state index contributed by atoms with van der Waals surface area (Å²) in [6.07, 6.45) is 3.76. The Morgan fingerprint density at radius 2 is 0.607 bits per heavy atom. The van der Waals surface area contributed by atoms with Gasteiger partial charge in [0.05, 0.1) is 0 Å². The van der Waals surface area contributed by atoms with E-state index in [0.29, 0.717) is 0 Å². The third-order valence-corrected chi connectivity index (χ3v) is 10.9. The number of rotatable bonds is 7. The molecule has 1 heteroatoms. The van der Waals surface area contributed by atoms with Crippen molar-refractivity contribution in [2.45, 2.75) is 0 Å². The van der Waals surface area contributed by atoms with Gasteiger partial charge in [-0.25, -0.2) is 0 Å². The standard InChI is InChI=1S/C55H37N/c1-4-17-38(18-5-1)46-35-51(39-19-6-2-7-20-39)55(52(36-46)40-21-8-3-9-22-40)44-26-15-25-43(34-44)54-49-30-12-10-28-47(49)53(48-29-11-13-31-50(48)54)42-24-14-23-41(33-42)45-27-16-32-56-37-45/h1-37H. The number of hydrogen-bond acceptors (Lipinski definition) is 1. The van der Waals surface area contributed by atoms with Gasteiger partial charge in [0.25, 0.3) is 0 Å². The van der Waals surface area contributed by atoms with Gasteiger partial charge < -0.3 is 0 Å². The summed E-state index contributed by atoms with van der Waals surface area (Å²) in [7, 11) is 0. The first kappa shape index (κ1) is 33.2. The Kier molecular flexibility index (Phi) is 8.59. The molecule has 0 atom stereocenters. The van der Waals surface area contributed by atoms with Crippen molar-refractivity contribution in [2.24, 2.45) is 0 Å². The van der Waals surface area contributed by atoms with Crippen molar-refractivity contribution in [3.8, 4) is 77.9 Å². The summed E-state index contributed by atoms with van der Waals surface area (Å²) in [6.45, 7) is 0. The maximum atomic E-state index is 4.40. The van der Waals surface area contributed by atoms with E-state index >= 15 is 0 Å². The highest BCUT2D eigenvalue weighted by Crippen LogP contribution is 2.47. The summed E-state index contributed by atoms with van der Waals surface area (Å²) in [4.78, 5) is 4.40. The molecule has 0 amide bonds. The van der Waals surface area contributed by atoms with Crippen LogP contribution < -0.4 is 0 Å². The van der Waals surface area contributed by atoms with Crippen molar-refractivity contribution in [2.75, 3.05) is 0 Å². The Balaban J connectivity index is 1.23. The highest BCUT2D eigenvalue weighted by molar-refractivity contribution is 6.21. The molecular formula is C55H37N. The zero-order valence-electron chi connectivity index (χ0n) is 30.8. The molecule has 10 aromatic rings. The first-order valence-corrected chi connectivity index (χ1v) is 19.2. The van der Waals surface area contributed by atoms with Crippen molar-refractivity contribution >= 4 is 21.5 Å². The molecule has 0 radical (unpaired) electrons. The lowest BCUT2D eigenvalue weighted by Crippen LogP contribution is -1.94. The van der Waals surface area contributed by atoms with E-state index < -0.39 is 0 Å². The number of aromatic nitrogens is 1. The van der Waals surface area contributed by atoms with E-state index in [9.17, 15) is 0 Å². The van der Waals surface area contributed by atoms with Gasteiger partial charge in [-0.2, -0.15) is 0 Å². The fraction of sp³-hybridized carbons (Fsp3) is 0. The fourth-order valence-corrected chi connectivity index (χ4v) is 8.41. The predicted octanol–water partition coefficient (Wildman–Crippen LogP) is 15.1.